The summed E-state index contributed by atoms with van der Waals surface area (Å²) in [5.41, 5.74) is 7.44. The number of hydrogen-bond acceptors (Lipinski definition) is 6. The summed E-state index contributed by atoms with van der Waals surface area (Å²) in [6.45, 7) is 9.08. The van der Waals surface area contributed by atoms with Gasteiger partial charge < -0.3 is 21.3 Å². The van der Waals surface area contributed by atoms with E-state index in [1.54, 1.807) is 4.90 Å². The molecule has 1 aromatic heterocycles. The number of anilines is 1. The molecule has 0 saturated heterocycles. The molecule has 0 unspecified atom stereocenters. The molecule has 2 aromatic rings. The van der Waals surface area contributed by atoms with Crippen LogP contribution >= 0.6 is 11.5 Å². The molecular formula is C29H43N5O3S. The highest BCUT2D eigenvalue weighted by Crippen LogP contribution is 2.27. The molecule has 3 rings (SSSR count). The molecular weight excluding hydrogens is 498 g/mol. The Morgan fingerprint density at radius 2 is 1.74 bits per heavy atom. The molecule has 1 saturated carbocycles. The average Bonchev–Trinajstić information content (AvgIpc) is 3.27. The van der Waals surface area contributed by atoms with Gasteiger partial charge in [0.25, 0.3) is 11.8 Å². The van der Waals surface area contributed by atoms with Crippen LogP contribution in [0.2, 0.25) is 0 Å². The van der Waals surface area contributed by atoms with E-state index in [1.165, 1.54) is 6.42 Å². The fraction of sp³-hybridized carbons (Fsp3) is 0.586. The first-order valence-electron chi connectivity index (χ1n) is 13.9. The maximum Gasteiger partial charge on any atom is 0.273 e. The van der Waals surface area contributed by atoms with E-state index in [4.69, 9.17) is 5.73 Å². The molecule has 8 nitrogen and oxygen atoms in total. The van der Waals surface area contributed by atoms with Gasteiger partial charge in [-0.2, -0.15) is 4.37 Å². The minimum absolute atomic E-state index is 0.0786. The molecule has 1 aromatic carbocycles. The minimum atomic E-state index is -0.684. The fourth-order valence-corrected chi connectivity index (χ4v) is 5.53. The highest BCUT2D eigenvalue weighted by Gasteiger charge is 2.34. The van der Waals surface area contributed by atoms with Gasteiger partial charge in [-0.25, -0.2) is 0 Å². The number of nitrogen functional groups attached to an aromatic ring is 1. The van der Waals surface area contributed by atoms with Crippen LogP contribution in [-0.2, 0) is 11.3 Å². The third-order valence-corrected chi connectivity index (χ3v) is 7.78. The van der Waals surface area contributed by atoms with Crippen molar-refractivity contribution >= 4 is 34.9 Å². The van der Waals surface area contributed by atoms with Gasteiger partial charge in [-0.05, 0) is 54.6 Å². The second-order valence-corrected chi connectivity index (χ2v) is 11.9. The molecule has 38 heavy (non-hydrogen) atoms. The summed E-state index contributed by atoms with van der Waals surface area (Å²) < 4.78 is 4.28. The summed E-state index contributed by atoms with van der Waals surface area (Å²) in [6.07, 6.45) is 6.60. The van der Waals surface area contributed by atoms with Gasteiger partial charge in [-0.15, -0.1) is 0 Å². The number of nitrogens with two attached hydrogens (primary N) is 1. The summed E-state index contributed by atoms with van der Waals surface area (Å²) in [6, 6.07) is 9.02. The molecule has 1 fully saturated rings. The molecule has 4 N–H and O–H groups in total. The third-order valence-electron chi connectivity index (χ3n) is 6.93. The Morgan fingerprint density at radius 3 is 2.37 bits per heavy atom. The first-order chi connectivity index (χ1) is 18.2. The second kappa shape index (κ2) is 14.3. The second-order valence-electron chi connectivity index (χ2n) is 11.1. The molecule has 208 valence electrons. The molecule has 0 aliphatic heterocycles. The Hall–Kier alpha value is -2.94. The highest BCUT2D eigenvalue weighted by atomic mass is 32.1. The summed E-state index contributed by atoms with van der Waals surface area (Å²) in [7, 11) is 0. The Morgan fingerprint density at radius 1 is 1.05 bits per heavy atom. The van der Waals surface area contributed by atoms with E-state index < -0.39 is 6.04 Å². The van der Waals surface area contributed by atoms with E-state index in [2.05, 4.69) is 28.9 Å². The van der Waals surface area contributed by atoms with E-state index in [9.17, 15) is 14.4 Å². The normalized spacial score (nSPS) is 14.9. The minimum Gasteiger partial charge on any atom is -0.395 e. The number of carbonyl (C=O) groups is 3. The number of aromatic nitrogens is 1. The van der Waals surface area contributed by atoms with Crippen molar-refractivity contribution in [2.75, 3.05) is 12.3 Å². The number of hydrogen-bond donors (Lipinski definition) is 3. The summed E-state index contributed by atoms with van der Waals surface area (Å²) in [4.78, 5) is 42.2. The van der Waals surface area contributed by atoms with E-state index in [0.29, 0.717) is 18.9 Å². The maximum atomic E-state index is 14.0. The number of rotatable bonds is 12. The Labute approximate surface area is 230 Å². The van der Waals surface area contributed by atoms with Crippen LogP contribution in [0.25, 0.3) is 0 Å². The third kappa shape index (κ3) is 8.28. The zero-order valence-electron chi connectivity index (χ0n) is 23.2. The molecule has 1 aliphatic rings. The van der Waals surface area contributed by atoms with Crippen LogP contribution in [0.4, 0.5) is 5.69 Å². The molecule has 1 heterocycles. The van der Waals surface area contributed by atoms with Gasteiger partial charge in [0, 0.05) is 19.1 Å². The lowest BCUT2D eigenvalue weighted by Crippen LogP contribution is -2.50. The molecule has 0 radical (unpaired) electrons. The van der Waals surface area contributed by atoms with Gasteiger partial charge in [0.2, 0.25) is 5.91 Å². The van der Waals surface area contributed by atoms with Crippen molar-refractivity contribution in [3.05, 3.63) is 46.5 Å². The zero-order chi connectivity index (χ0) is 27.7. The smallest absolute Gasteiger partial charge is 0.273 e. The summed E-state index contributed by atoms with van der Waals surface area (Å²) in [5, 5.41) is 6.07. The van der Waals surface area contributed by atoms with Gasteiger partial charge in [-0.1, -0.05) is 77.3 Å². The van der Waals surface area contributed by atoms with E-state index in [0.717, 1.165) is 49.2 Å². The van der Waals surface area contributed by atoms with Crippen molar-refractivity contribution < 1.29 is 14.4 Å². The van der Waals surface area contributed by atoms with Crippen LogP contribution in [0.5, 0.6) is 0 Å². The molecule has 1 atom stereocenters. The van der Waals surface area contributed by atoms with E-state index in [1.807, 2.05) is 44.2 Å². The number of benzene rings is 1. The zero-order valence-corrected chi connectivity index (χ0v) is 24.0. The van der Waals surface area contributed by atoms with Gasteiger partial charge in [0.1, 0.15) is 10.9 Å². The number of amides is 3. The lowest BCUT2D eigenvalue weighted by molar-refractivity contribution is -0.126. The Bertz CT molecular complexity index is 1060. The quantitative estimate of drug-likeness (QED) is 0.349. The monoisotopic (exact) mass is 541 g/mol. The van der Waals surface area contributed by atoms with E-state index in [-0.39, 0.29) is 52.5 Å². The predicted octanol–water partition coefficient (Wildman–Crippen LogP) is 5.01. The number of nitrogens with one attached hydrogen (secondary N) is 2. The average molecular weight is 542 g/mol. The van der Waals surface area contributed by atoms with Crippen LogP contribution in [0.15, 0.2) is 30.3 Å². The lowest BCUT2D eigenvalue weighted by Gasteiger charge is -2.32. The van der Waals surface area contributed by atoms with Crippen LogP contribution in [-0.4, -0.2) is 45.6 Å². The molecule has 0 spiro atoms. The van der Waals surface area contributed by atoms with Gasteiger partial charge in [0.05, 0.1) is 5.69 Å². The molecule has 0 bridgehead atoms. The van der Waals surface area contributed by atoms with Crippen LogP contribution in [0, 0.1) is 11.8 Å². The maximum absolute atomic E-state index is 14.0. The van der Waals surface area contributed by atoms with Crippen molar-refractivity contribution in [3.63, 3.8) is 0 Å². The lowest BCUT2D eigenvalue weighted by atomic mass is 9.95. The van der Waals surface area contributed by atoms with Gasteiger partial charge in [-0.3, -0.25) is 14.4 Å². The van der Waals surface area contributed by atoms with Crippen molar-refractivity contribution in [2.24, 2.45) is 11.8 Å². The number of nitrogens with zero attached hydrogens (tertiary/aromatic N) is 2. The topological polar surface area (TPSA) is 117 Å². The summed E-state index contributed by atoms with van der Waals surface area (Å²) in [5.74, 6) is -0.273. The fourth-order valence-electron chi connectivity index (χ4n) is 4.77. The standard InChI is InChI=1S/C29H43N5O3S/c1-19(2)15-16-31-27(35)23(17-20(3)4)34(18-21-11-7-5-8-12-21)29(37)26-24(30)25(33-38-26)28(36)32-22-13-9-6-10-14-22/h5,7-8,11-12,19-20,22-23H,6,9-10,13-18,30H2,1-4H3,(H,31,35)(H,32,36)/t23-/m1/s1. The van der Waals surface area contributed by atoms with Gasteiger partial charge >= 0.3 is 0 Å². The van der Waals surface area contributed by atoms with Crippen molar-refractivity contribution in [3.8, 4) is 0 Å². The van der Waals surface area contributed by atoms with Crippen molar-refractivity contribution in [1.29, 1.82) is 0 Å². The molecule has 3 amide bonds. The first-order valence-corrected chi connectivity index (χ1v) is 14.6. The van der Waals surface area contributed by atoms with Crippen LogP contribution < -0.4 is 16.4 Å². The van der Waals surface area contributed by atoms with Gasteiger partial charge in [0.15, 0.2) is 5.69 Å². The van der Waals surface area contributed by atoms with Crippen molar-refractivity contribution in [1.82, 2.24) is 19.9 Å². The van der Waals surface area contributed by atoms with E-state index >= 15 is 0 Å². The number of carbonyl (C=O) groups excluding carboxylic acids is 3. The largest absolute Gasteiger partial charge is 0.395 e. The predicted molar refractivity (Wildman–Crippen MR) is 153 cm³/mol. The molecule has 1 aliphatic carbocycles. The SMILES string of the molecule is CC(C)CCNC(=O)[C@@H](CC(C)C)N(Cc1ccccc1)C(=O)c1snc(C(=O)NC2CCCCC2)c1N. The Balaban J connectivity index is 1.88. The Kier molecular flexibility index (Phi) is 11.1. The summed E-state index contributed by atoms with van der Waals surface area (Å²) >= 11 is 0.925. The highest BCUT2D eigenvalue weighted by molar-refractivity contribution is 7.09. The molecule has 9 heteroatoms. The first kappa shape index (κ1) is 29.6. The van der Waals surface area contributed by atoms with Crippen LogP contribution in [0.1, 0.15) is 98.4 Å². The van der Waals surface area contributed by atoms with Crippen LogP contribution in [0.3, 0.4) is 0 Å². The van der Waals surface area contributed by atoms with Crippen molar-refractivity contribution in [2.45, 2.75) is 91.3 Å².